The molecule has 1 saturated carbocycles. The number of hydrogen-bond donors (Lipinski definition) is 1. The predicted octanol–water partition coefficient (Wildman–Crippen LogP) is 9.62. The summed E-state index contributed by atoms with van der Waals surface area (Å²) in [6.45, 7) is 6.56. The minimum atomic E-state index is -4.88. The summed E-state index contributed by atoms with van der Waals surface area (Å²) >= 11 is 0. The maximum absolute atomic E-state index is 15.1. The Morgan fingerprint density at radius 1 is 1.05 bits per heavy atom. The van der Waals surface area contributed by atoms with Crippen LogP contribution in [-0.4, -0.2) is 17.4 Å². The van der Waals surface area contributed by atoms with Gasteiger partial charge in [-0.1, -0.05) is 63.9 Å². The van der Waals surface area contributed by atoms with Crippen molar-refractivity contribution in [2.45, 2.75) is 84.1 Å². The normalized spacial score (nSPS) is 17.3. The number of ether oxygens (including phenoxy) is 2. The zero-order valence-corrected chi connectivity index (χ0v) is 23.6. The Bertz CT molecular complexity index is 1370. The molecule has 1 aliphatic rings. The summed E-state index contributed by atoms with van der Waals surface area (Å²) in [5.74, 6) is -1.35. The molecule has 0 bridgehead atoms. The number of benzene rings is 3. The highest BCUT2D eigenvalue weighted by Gasteiger charge is 2.37. The standard InChI is InChI=1S/C33H36F4O4/c1-4-7-22(18-31(38)39)23-8-5-9-24(17-23)40-20-21-11-13-26(27(16-21)29-10-6-15-32(29,2)3)28-19-25(12-14-30(28)34)41-33(35,36)37/h5,8-9,11-14,16-17,19,22,29H,4,6-7,10,15,18,20H2,1-3H3,(H,38,39)/t22-,29-/m0/s1. The first-order valence-electron chi connectivity index (χ1n) is 14.0. The molecule has 2 atom stereocenters. The van der Waals surface area contributed by atoms with Gasteiger partial charge in [0, 0.05) is 5.56 Å². The van der Waals surface area contributed by atoms with Crippen molar-refractivity contribution < 1.29 is 36.9 Å². The van der Waals surface area contributed by atoms with Crippen LogP contribution in [0, 0.1) is 11.2 Å². The first-order chi connectivity index (χ1) is 19.4. The minimum absolute atomic E-state index is 0.0467. The molecule has 0 radical (unpaired) electrons. The van der Waals surface area contributed by atoms with Crippen LogP contribution < -0.4 is 9.47 Å². The van der Waals surface area contributed by atoms with E-state index < -0.39 is 23.9 Å². The fourth-order valence-corrected chi connectivity index (χ4v) is 6.02. The number of hydrogen-bond acceptors (Lipinski definition) is 3. The molecule has 220 valence electrons. The summed E-state index contributed by atoms with van der Waals surface area (Å²) in [6, 6.07) is 16.1. The second-order valence-corrected chi connectivity index (χ2v) is 11.5. The Morgan fingerprint density at radius 3 is 2.49 bits per heavy atom. The van der Waals surface area contributed by atoms with Gasteiger partial charge >= 0.3 is 12.3 Å². The highest BCUT2D eigenvalue weighted by molar-refractivity contribution is 5.71. The van der Waals surface area contributed by atoms with E-state index in [0.29, 0.717) is 11.3 Å². The van der Waals surface area contributed by atoms with Crippen LogP contribution in [0.5, 0.6) is 11.5 Å². The van der Waals surface area contributed by atoms with Gasteiger partial charge in [0.15, 0.2) is 0 Å². The molecule has 1 fully saturated rings. The lowest BCUT2D eigenvalue weighted by Gasteiger charge is -2.30. The molecule has 0 aromatic heterocycles. The molecule has 4 rings (SSSR count). The Hall–Kier alpha value is -3.55. The van der Waals surface area contributed by atoms with Crippen LogP contribution in [0.15, 0.2) is 60.7 Å². The minimum Gasteiger partial charge on any atom is -0.489 e. The van der Waals surface area contributed by atoms with Crippen LogP contribution in [0.4, 0.5) is 17.6 Å². The molecule has 0 spiro atoms. The lowest BCUT2D eigenvalue weighted by atomic mass is 9.75. The predicted molar refractivity (Wildman–Crippen MR) is 150 cm³/mol. The molecule has 4 nitrogen and oxygen atoms in total. The first kappa shape index (κ1) is 30.4. The summed E-state index contributed by atoms with van der Waals surface area (Å²) in [5, 5.41) is 9.32. The van der Waals surface area contributed by atoms with Gasteiger partial charge in [0.1, 0.15) is 23.9 Å². The lowest BCUT2D eigenvalue weighted by molar-refractivity contribution is -0.274. The molecule has 1 aliphatic carbocycles. The van der Waals surface area contributed by atoms with Crippen molar-refractivity contribution in [1.29, 1.82) is 0 Å². The first-order valence-corrected chi connectivity index (χ1v) is 14.0. The van der Waals surface area contributed by atoms with Crippen molar-refractivity contribution in [3.05, 3.63) is 83.2 Å². The van der Waals surface area contributed by atoms with Gasteiger partial charge in [-0.3, -0.25) is 4.79 Å². The number of aliphatic carboxylic acids is 1. The summed E-state index contributed by atoms with van der Waals surface area (Å²) in [5.41, 5.74) is 3.15. The summed E-state index contributed by atoms with van der Waals surface area (Å²) in [4.78, 5) is 11.4. The average Bonchev–Trinajstić information content (AvgIpc) is 3.26. The van der Waals surface area contributed by atoms with Crippen LogP contribution in [-0.2, 0) is 11.4 Å². The van der Waals surface area contributed by atoms with Crippen LogP contribution >= 0.6 is 0 Å². The molecule has 1 N–H and O–H groups in total. The average molecular weight is 573 g/mol. The van der Waals surface area contributed by atoms with E-state index >= 15 is 4.39 Å². The second kappa shape index (κ2) is 12.5. The van der Waals surface area contributed by atoms with Crippen LogP contribution in [0.2, 0.25) is 0 Å². The third-order valence-corrected chi connectivity index (χ3v) is 8.00. The fourth-order valence-electron chi connectivity index (χ4n) is 6.02. The van der Waals surface area contributed by atoms with Crippen molar-refractivity contribution in [1.82, 2.24) is 0 Å². The second-order valence-electron chi connectivity index (χ2n) is 11.5. The van der Waals surface area contributed by atoms with Gasteiger partial charge in [-0.05, 0) is 89.1 Å². The highest BCUT2D eigenvalue weighted by atomic mass is 19.4. The third kappa shape index (κ3) is 7.80. The third-order valence-electron chi connectivity index (χ3n) is 8.00. The number of halogens is 4. The summed E-state index contributed by atoms with van der Waals surface area (Å²) in [6.07, 6.45) is -0.349. The molecule has 0 heterocycles. The Morgan fingerprint density at radius 2 is 1.83 bits per heavy atom. The van der Waals surface area contributed by atoms with E-state index in [1.807, 2.05) is 37.3 Å². The zero-order chi connectivity index (χ0) is 29.8. The maximum atomic E-state index is 15.1. The molecule has 8 heteroatoms. The number of rotatable bonds is 11. The number of alkyl halides is 3. The molecule has 0 aliphatic heterocycles. The van der Waals surface area contributed by atoms with Gasteiger partial charge in [0.05, 0.1) is 6.42 Å². The Labute approximate surface area is 238 Å². The van der Waals surface area contributed by atoms with Crippen LogP contribution in [0.25, 0.3) is 11.1 Å². The fraction of sp³-hybridized carbons (Fsp3) is 0.424. The van der Waals surface area contributed by atoms with Gasteiger partial charge in [0.25, 0.3) is 0 Å². The van der Waals surface area contributed by atoms with Crippen molar-refractivity contribution in [3.8, 4) is 22.6 Å². The van der Waals surface area contributed by atoms with Gasteiger partial charge in [-0.2, -0.15) is 0 Å². The van der Waals surface area contributed by atoms with Crippen molar-refractivity contribution in [2.24, 2.45) is 5.41 Å². The molecular formula is C33H36F4O4. The molecule has 3 aromatic rings. The Balaban J connectivity index is 1.65. The smallest absolute Gasteiger partial charge is 0.489 e. The van der Waals surface area contributed by atoms with Crippen molar-refractivity contribution >= 4 is 5.97 Å². The van der Waals surface area contributed by atoms with Crippen molar-refractivity contribution in [3.63, 3.8) is 0 Å². The van der Waals surface area contributed by atoms with Crippen molar-refractivity contribution in [2.75, 3.05) is 0 Å². The molecular weight excluding hydrogens is 536 g/mol. The van der Waals surface area contributed by atoms with E-state index in [1.165, 1.54) is 0 Å². The highest BCUT2D eigenvalue weighted by Crippen LogP contribution is 2.51. The van der Waals surface area contributed by atoms with E-state index in [1.54, 1.807) is 12.1 Å². The van der Waals surface area contributed by atoms with E-state index in [2.05, 4.69) is 18.6 Å². The van der Waals surface area contributed by atoms with Gasteiger partial charge in [0.2, 0.25) is 0 Å². The number of carboxylic acid groups (broad SMARTS) is 1. The van der Waals surface area contributed by atoms with E-state index in [9.17, 15) is 23.1 Å². The monoisotopic (exact) mass is 572 g/mol. The summed E-state index contributed by atoms with van der Waals surface area (Å²) < 4.78 is 63.9. The molecule has 0 unspecified atom stereocenters. The van der Waals surface area contributed by atoms with Crippen LogP contribution in [0.1, 0.15) is 87.8 Å². The molecule has 0 saturated heterocycles. The van der Waals surface area contributed by atoms with E-state index in [-0.39, 0.29) is 35.8 Å². The zero-order valence-electron chi connectivity index (χ0n) is 23.6. The molecule has 3 aromatic carbocycles. The maximum Gasteiger partial charge on any atom is 0.573 e. The topological polar surface area (TPSA) is 55.8 Å². The lowest BCUT2D eigenvalue weighted by Crippen LogP contribution is -2.18. The summed E-state index contributed by atoms with van der Waals surface area (Å²) in [7, 11) is 0. The van der Waals surface area contributed by atoms with E-state index in [0.717, 1.165) is 67.0 Å². The Kier molecular flexibility index (Phi) is 9.30. The van der Waals surface area contributed by atoms with Gasteiger partial charge in [-0.15, -0.1) is 13.2 Å². The van der Waals surface area contributed by atoms with E-state index in [4.69, 9.17) is 4.74 Å². The quantitative estimate of drug-likeness (QED) is 0.233. The number of carboxylic acids is 1. The van der Waals surface area contributed by atoms with Gasteiger partial charge in [-0.25, -0.2) is 4.39 Å². The van der Waals surface area contributed by atoms with Gasteiger partial charge < -0.3 is 14.6 Å². The van der Waals surface area contributed by atoms with Crippen LogP contribution in [0.3, 0.4) is 0 Å². The number of carbonyl (C=O) groups is 1. The SMILES string of the molecule is CCC[C@@H](CC(=O)O)c1cccc(OCc2ccc(-c3cc(OC(F)(F)F)ccc3F)c([C@@H]3CCCC3(C)C)c2)c1. The molecule has 0 amide bonds. The largest absolute Gasteiger partial charge is 0.573 e. The molecule has 41 heavy (non-hydrogen) atoms.